The number of benzene rings is 4. The second-order valence-electron chi connectivity index (χ2n) is 11.9. The number of ether oxygens (including phenoxy) is 1. The highest BCUT2D eigenvalue weighted by molar-refractivity contribution is 6.23. The topological polar surface area (TPSA) is 84.0 Å². The zero-order chi connectivity index (χ0) is 29.4. The first-order valence-corrected chi connectivity index (χ1v) is 14.6. The van der Waals surface area contributed by atoms with E-state index in [4.69, 9.17) is 4.74 Å². The van der Waals surface area contributed by atoms with Gasteiger partial charge >= 0.3 is 5.97 Å². The molecule has 0 N–H and O–H groups in total. The highest BCUT2D eigenvalue weighted by Gasteiger charge is 2.61. The van der Waals surface area contributed by atoms with Crippen molar-refractivity contribution in [3.8, 4) is 5.75 Å². The maximum absolute atomic E-state index is 14.0. The predicted octanol–water partition coefficient (Wildman–Crippen LogP) is 5.35. The van der Waals surface area contributed by atoms with Crippen molar-refractivity contribution in [3.63, 3.8) is 0 Å². The Labute approximate surface area is 248 Å². The van der Waals surface area contributed by atoms with E-state index in [1.807, 2.05) is 55.5 Å². The van der Waals surface area contributed by atoms with Gasteiger partial charge in [0.25, 0.3) is 0 Å². The van der Waals surface area contributed by atoms with Gasteiger partial charge in [0.05, 0.1) is 23.4 Å². The minimum Gasteiger partial charge on any atom is -0.426 e. The minimum absolute atomic E-state index is 0.0809. The van der Waals surface area contributed by atoms with Gasteiger partial charge in [-0.3, -0.25) is 19.2 Å². The third-order valence-corrected chi connectivity index (χ3v) is 9.53. The minimum atomic E-state index is -0.587. The average Bonchev–Trinajstić information content (AvgIpc) is 3.54. The average molecular weight is 569 g/mol. The van der Waals surface area contributed by atoms with Crippen molar-refractivity contribution >= 4 is 35.1 Å². The van der Waals surface area contributed by atoms with Gasteiger partial charge in [-0.2, -0.15) is 0 Å². The summed E-state index contributed by atoms with van der Waals surface area (Å²) in [7, 11) is 0. The van der Waals surface area contributed by atoms with Crippen LogP contribution in [0.1, 0.15) is 46.1 Å². The Morgan fingerprint density at radius 2 is 1.26 bits per heavy atom. The number of imide groups is 1. The lowest BCUT2D eigenvalue weighted by molar-refractivity contribution is -0.139. The van der Waals surface area contributed by atoms with Crippen LogP contribution in [-0.2, 0) is 19.2 Å². The molecule has 0 saturated carbocycles. The van der Waals surface area contributed by atoms with Gasteiger partial charge in [-0.1, -0.05) is 60.7 Å². The first-order chi connectivity index (χ1) is 20.9. The van der Waals surface area contributed by atoms with Crippen LogP contribution in [0.3, 0.4) is 0 Å². The number of amides is 3. The number of hydrogen-bond acceptors (Lipinski definition) is 5. The molecular formula is C36H28N2O5. The van der Waals surface area contributed by atoms with Crippen molar-refractivity contribution in [2.75, 3.05) is 16.3 Å². The SMILES string of the molecule is Cc1cccc(N2C[C@@H](C(=O)Oc3ccc(N4C(=O)[C@@H]5C6c7ccccc7C(c7ccccc76)[C@@H]5C4=O)cc3)CC2=O)c1. The zero-order valence-corrected chi connectivity index (χ0v) is 23.5. The molecule has 3 atom stereocenters. The number of carbonyl (C=O) groups is 4. The van der Waals surface area contributed by atoms with Crippen LogP contribution in [0.4, 0.5) is 11.4 Å². The molecular weight excluding hydrogens is 540 g/mol. The predicted molar refractivity (Wildman–Crippen MR) is 160 cm³/mol. The third-order valence-electron chi connectivity index (χ3n) is 9.53. The van der Waals surface area contributed by atoms with E-state index >= 15 is 0 Å². The summed E-state index contributed by atoms with van der Waals surface area (Å²) in [5.74, 6) is -2.54. The summed E-state index contributed by atoms with van der Waals surface area (Å²) in [4.78, 5) is 56.5. The number of anilines is 2. The van der Waals surface area contributed by atoms with E-state index in [0.29, 0.717) is 11.4 Å². The van der Waals surface area contributed by atoms with Gasteiger partial charge < -0.3 is 9.64 Å². The molecule has 0 aromatic heterocycles. The van der Waals surface area contributed by atoms with Crippen molar-refractivity contribution in [2.24, 2.45) is 17.8 Å². The molecule has 4 aromatic carbocycles. The van der Waals surface area contributed by atoms with Crippen molar-refractivity contribution in [3.05, 3.63) is 125 Å². The molecule has 2 heterocycles. The number of rotatable bonds is 4. The van der Waals surface area contributed by atoms with Crippen molar-refractivity contribution < 1.29 is 23.9 Å². The summed E-state index contributed by atoms with van der Waals surface area (Å²) in [6.07, 6.45) is 0.0809. The van der Waals surface area contributed by atoms with Crippen LogP contribution >= 0.6 is 0 Å². The lowest BCUT2D eigenvalue weighted by Crippen LogP contribution is -2.41. The Bertz CT molecular complexity index is 1730. The second-order valence-corrected chi connectivity index (χ2v) is 11.9. The summed E-state index contributed by atoms with van der Waals surface area (Å²) in [5, 5.41) is 0. The normalized spacial score (nSPS) is 25.0. The summed E-state index contributed by atoms with van der Waals surface area (Å²) < 4.78 is 5.64. The van der Waals surface area contributed by atoms with Gasteiger partial charge in [0.1, 0.15) is 5.75 Å². The van der Waals surface area contributed by atoms with E-state index in [2.05, 4.69) is 24.3 Å². The summed E-state index contributed by atoms with van der Waals surface area (Å²) >= 11 is 0. The first-order valence-electron chi connectivity index (χ1n) is 14.6. The lowest BCUT2D eigenvalue weighted by atomic mass is 9.55. The van der Waals surface area contributed by atoms with Gasteiger partial charge in [0.15, 0.2) is 0 Å². The number of esters is 1. The summed E-state index contributed by atoms with van der Waals surface area (Å²) in [6, 6.07) is 30.5. The Morgan fingerprint density at radius 1 is 0.698 bits per heavy atom. The van der Waals surface area contributed by atoms with Crippen molar-refractivity contribution in [2.45, 2.75) is 25.2 Å². The van der Waals surface area contributed by atoms with Gasteiger partial charge in [0, 0.05) is 30.5 Å². The molecule has 3 aliphatic carbocycles. The van der Waals surface area contributed by atoms with E-state index in [1.54, 1.807) is 29.2 Å². The Morgan fingerprint density at radius 3 is 1.79 bits per heavy atom. The Kier molecular flexibility index (Phi) is 5.66. The van der Waals surface area contributed by atoms with E-state index in [1.165, 1.54) is 4.90 Å². The van der Waals surface area contributed by atoms with Crippen LogP contribution in [0.2, 0.25) is 0 Å². The number of nitrogens with zero attached hydrogens (tertiary/aromatic N) is 2. The molecule has 2 aliphatic heterocycles. The van der Waals surface area contributed by atoms with Crippen LogP contribution in [0.5, 0.6) is 5.75 Å². The molecule has 43 heavy (non-hydrogen) atoms. The lowest BCUT2D eigenvalue weighted by Gasteiger charge is -2.45. The number of carbonyl (C=O) groups excluding carboxylic acids is 4. The molecule has 2 saturated heterocycles. The molecule has 3 amide bonds. The smallest absolute Gasteiger partial charge is 0.316 e. The maximum Gasteiger partial charge on any atom is 0.316 e. The largest absolute Gasteiger partial charge is 0.426 e. The molecule has 5 aliphatic rings. The highest BCUT2D eigenvalue weighted by Crippen LogP contribution is 2.61. The summed E-state index contributed by atoms with van der Waals surface area (Å²) in [6.45, 7) is 2.21. The molecule has 7 nitrogen and oxygen atoms in total. The fourth-order valence-electron chi connectivity index (χ4n) is 7.71. The van der Waals surface area contributed by atoms with Crippen molar-refractivity contribution in [1.82, 2.24) is 0 Å². The standard InChI is InChI=1S/C36H28N2O5/c1-20-7-6-8-23(17-20)37-19-21(18-29(37)39)36(42)43-24-15-13-22(14-16-24)38-34(40)32-30-25-9-2-3-10-26(25)31(33(32)35(38)41)28-12-5-4-11-27(28)30/h2-17,21,30-33H,18-19H2,1H3/t21-,30?,31?,32-,33+/m0/s1. The van der Waals surface area contributed by atoms with Gasteiger partial charge in [0.2, 0.25) is 17.7 Å². The van der Waals surface area contributed by atoms with Gasteiger partial charge in [-0.05, 0) is 71.1 Å². The van der Waals surface area contributed by atoms with Crippen LogP contribution < -0.4 is 14.5 Å². The fourth-order valence-corrected chi connectivity index (χ4v) is 7.71. The maximum atomic E-state index is 14.0. The molecule has 2 fully saturated rings. The molecule has 0 radical (unpaired) electrons. The molecule has 0 spiro atoms. The Balaban J connectivity index is 1.02. The molecule has 9 rings (SSSR count). The molecule has 2 bridgehead atoms. The summed E-state index contributed by atoms with van der Waals surface area (Å²) in [5.41, 5.74) is 6.77. The quantitative estimate of drug-likeness (QED) is 0.188. The zero-order valence-electron chi connectivity index (χ0n) is 23.5. The first kappa shape index (κ1) is 25.7. The van der Waals surface area contributed by atoms with Gasteiger partial charge in [-0.25, -0.2) is 4.90 Å². The fraction of sp³-hybridized carbons (Fsp3) is 0.222. The molecule has 212 valence electrons. The van der Waals surface area contributed by atoms with E-state index in [-0.39, 0.29) is 42.5 Å². The van der Waals surface area contributed by atoms with E-state index in [0.717, 1.165) is 33.5 Å². The van der Waals surface area contributed by atoms with Crippen LogP contribution in [0.25, 0.3) is 0 Å². The van der Waals surface area contributed by atoms with E-state index < -0.39 is 23.7 Å². The Hall–Kier alpha value is -5.04. The van der Waals surface area contributed by atoms with Gasteiger partial charge in [-0.15, -0.1) is 0 Å². The molecule has 7 heteroatoms. The number of aryl methyl sites for hydroxylation is 1. The van der Waals surface area contributed by atoms with Crippen LogP contribution in [0.15, 0.2) is 97.1 Å². The monoisotopic (exact) mass is 568 g/mol. The number of hydrogen-bond donors (Lipinski definition) is 0. The third kappa shape index (κ3) is 3.80. The van der Waals surface area contributed by atoms with Crippen LogP contribution in [-0.4, -0.2) is 30.2 Å². The van der Waals surface area contributed by atoms with E-state index in [9.17, 15) is 19.2 Å². The molecule has 4 aromatic rings. The van der Waals surface area contributed by atoms with Crippen LogP contribution in [0, 0.1) is 24.7 Å². The second kappa shape index (κ2) is 9.49. The molecule has 0 unspecified atom stereocenters. The van der Waals surface area contributed by atoms with Crippen molar-refractivity contribution in [1.29, 1.82) is 0 Å². The highest BCUT2D eigenvalue weighted by atomic mass is 16.5.